The number of halogens is 1. The summed E-state index contributed by atoms with van der Waals surface area (Å²) >= 11 is 0. The number of hydrogen-bond acceptors (Lipinski definition) is 3. The van der Waals surface area contributed by atoms with Crippen LogP contribution in [0.1, 0.15) is 28.8 Å². The number of benzene rings is 2. The highest BCUT2D eigenvalue weighted by Gasteiger charge is 2.20. The number of carbonyl (C=O) groups excluding carboxylic acids is 2. The van der Waals surface area contributed by atoms with Crippen molar-refractivity contribution in [3.8, 4) is 0 Å². The van der Waals surface area contributed by atoms with Crippen molar-refractivity contribution in [2.24, 2.45) is 5.92 Å². The van der Waals surface area contributed by atoms with Crippen molar-refractivity contribution >= 4 is 17.5 Å². The van der Waals surface area contributed by atoms with Crippen LogP contribution < -0.4 is 16.0 Å². The van der Waals surface area contributed by atoms with Gasteiger partial charge in [-0.3, -0.25) is 9.59 Å². The highest BCUT2D eigenvalue weighted by Crippen LogP contribution is 2.15. The molecule has 2 aromatic carbocycles. The summed E-state index contributed by atoms with van der Waals surface area (Å²) in [6.07, 6.45) is 1.71. The molecule has 3 N–H and O–H groups in total. The Kier molecular flexibility index (Phi) is 5.96. The molecule has 1 fully saturated rings. The van der Waals surface area contributed by atoms with Crippen LogP contribution in [0.4, 0.5) is 10.1 Å². The van der Waals surface area contributed by atoms with E-state index in [9.17, 15) is 14.0 Å². The molecule has 0 bridgehead atoms. The molecule has 0 saturated carbocycles. The number of anilines is 1. The molecule has 0 aromatic heterocycles. The van der Waals surface area contributed by atoms with Crippen molar-refractivity contribution in [1.82, 2.24) is 10.6 Å². The van der Waals surface area contributed by atoms with E-state index in [1.54, 1.807) is 18.2 Å². The number of rotatable bonds is 5. The Labute approximate surface area is 152 Å². The van der Waals surface area contributed by atoms with E-state index in [4.69, 9.17) is 0 Å². The Balaban J connectivity index is 1.57. The Morgan fingerprint density at radius 2 is 1.85 bits per heavy atom. The molecule has 1 heterocycles. The van der Waals surface area contributed by atoms with Crippen LogP contribution in [0, 0.1) is 11.7 Å². The van der Waals surface area contributed by atoms with Crippen LogP contribution in [0.15, 0.2) is 48.5 Å². The van der Waals surface area contributed by atoms with Crippen molar-refractivity contribution < 1.29 is 14.0 Å². The largest absolute Gasteiger partial charge is 0.352 e. The van der Waals surface area contributed by atoms with Gasteiger partial charge in [0.15, 0.2) is 0 Å². The number of amides is 2. The smallest absolute Gasteiger partial charge is 0.255 e. The highest BCUT2D eigenvalue weighted by molar-refractivity contribution is 6.04. The van der Waals surface area contributed by atoms with E-state index in [0.717, 1.165) is 31.5 Å². The number of hydrogen-bond donors (Lipinski definition) is 3. The quantitative estimate of drug-likeness (QED) is 0.772. The van der Waals surface area contributed by atoms with Gasteiger partial charge in [0.25, 0.3) is 5.91 Å². The summed E-state index contributed by atoms with van der Waals surface area (Å²) in [6, 6.07) is 12.8. The lowest BCUT2D eigenvalue weighted by molar-refractivity contribution is -0.125. The molecule has 1 aliphatic heterocycles. The second-order valence-corrected chi connectivity index (χ2v) is 6.41. The third kappa shape index (κ3) is 4.89. The zero-order chi connectivity index (χ0) is 18.4. The third-order valence-corrected chi connectivity index (χ3v) is 4.45. The van der Waals surface area contributed by atoms with E-state index >= 15 is 0 Å². The molecular weight excluding hydrogens is 333 g/mol. The van der Waals surface area contributed by atoms with Crippen LogP contribution in [0.3, 0.4) is 0 Å². The van der Waals surface area contributed by atoms with Crippen molar-refractivity contribution in [1.29, 1.82) is 0 Å². The maximum absolute atomic E-state index is 13.2. The molecule has 26 heavy (non-hydrogen) atoms. The molecule has 1 aliphatic rings. The fourth-order valence-electron chi connectivity index (χ4n) is 3.01. The predicted molar refractivity (Wildman–Crippen MR) is 98.2 cm³/mol. The minimum atomic E-state index is -0.452. The standard InChI is InChI=1S/C20H22FN3O2/c21-17-5-2-4-16(12-17)20(26)24-18-6-1-3-14(11-18)13-23-19(25)15-7-9-22-10-8-15/h1-6,11-12,15,22H,7-10,13H2,(H,23,25)(H,24,26). The molecule has 0 atom stereocenters. The summed E-state index contributed by atoms with van der Waals surface area (Å²) in [5.41, 5.74) is 1.76. The van der Waals surface area contributed by atoms with Gasteiger partial charge < -0.3 is 16.0 Å². The monoisotopic (exact) mass is 355 g/mol. The van der Waals surface area contributed by atoms with E-state index < -0.39 is 5.82 Å². The molecule has 2 aromatic rings. The first kappa shape index (κ1) is 18.1. The van der Waals surface area contributed by atoms with Gasteiger partial charge in [0, 0.05) is 23.7 Å². The second-order valence-electron chi connectivity index (χ2n) is 6.41. The predicted octanol–water partition coefficient (Wildman–Crippen LogP) is 2.69. The molecule has 136 valence electrons. The van der Waals surface area contributed by atoms with E-state index in [2.05, 4.69) is 16.0 Å². The van der Waals surface area contributed by atoms with Crippen LogP contribution in [0.2, 0.25) is 0 Å². The lowest BCUT2D eigenvalue weighted by Crippen LogP contribution is -2.37. The Bertz CT molecular complexity index is 788. The summed E-state index contributed by atoms with van der Waals surface area (Å²) < 4.78 is 13.2. The van der Waals surface area contributed by atoms with Crippen molar-refractivity contribution in [2.75, 3.05) is 18.4 Å². The summed E-state index contributed by atoms with van der Waals surface area (Å²) in [4.78, 5) is 24.4. The first-order valence-corrected chi connectivity index (χ1v) is 8.76. The zero-order valence-corrected chi connectivity index (χ0v) is 14.4. The molecule has 2 amide bonds. The molecule has 0 spiro atoms. The van der Waals surface area contributed by atoms with Gasteiger partial charge in [-0.1, -0.05) is 18.2 Å². The SMILES string of the molecule is O=C(Nc1cccc(CNC(=O)C2CCNCC2)c1)c1cccc(F)c1. The second kappa shape index (κ2) is 8.58. The molecule has 5 nitrogen and oxygen atoms in total. The minimum absolute atomic E-state index is 0.0621. The zero-order valence-electron chi connectivity index (χ0n) is 14.4. The summed E-state index contributed by atoms with van der Waals surface area (Å²) in [5.74, 6) is -0.694. The van der Waals surface area contributed by atoms with Crippen LogP contribution in [0.25, 0.3) is 0 Å². The van der Waals surface area contributed by atoms with Crippen molar-refractivity contribution in [2.45, 2.75) is 19.4 Å². The minimum Gasteiger partial charge on any atom is -0.352 e. The molecular formula is C20H22FN3O2. The number of carbonyl (C=O) groups is 2. The average Bonchev–Trinajstić information content (AvgIpc) is 2.67. The molecule has 0 unspecified atom stereocenters. The van der Waals surface area contributed by atoms with E-state index in [1.807, 2.05) is 12.1 Å². The summed E-state index contributed by atoms with van der Waals surface area (Å²) in [7, 11) is 0. The van der Waals surface area contributed by atoms with Gasteiger partial charge in [-0.15, -0.1) is 0 Å². The van der Waals surface area contributed by atoms with E-state index in [0.29, 0.717) is 12.2 Å². The first-order valence-electron chi connectivity index (χ1n) is 8.76. The van der Waals surface area contributed by atoms with E-state index in [-0.39, 0.29) is 23.3 Å². The molecule has 1 saturated heterocycles. The first-order chi connectivity index (χ1) is 12.6. The maximum atomic E-state index is 13.2. The van der Waals surface area contributed by atoms with Crippen molar-refractivity contribution in [3.63, 3.8) is 0 Å². The lowest BCUT2D eigenvalue weighted by atomic mass is 9.97. The number of nitrogens with one attached hydrogen (secondary N) is 3. The van der Waals surface area contributed by atoms with Crippen LogP contribution in [0.5, 0.6) is 0 Å². The average molecular weight is 355 g/mol. The van der Waals surface area contributed by atoms with Crippen LogP contribution in [-0.4, -0.2) is 24.9 Å². The van der Waals surface area contributed by atoms with Crippen molar-refractivity contribution in [3.05, 3.63) is 65.5 Å². The van der Waals surface area contributed by atoms with Gasteiger partial charge in [-0.05, 0) is 61.8 Å². The van der Waals surface area contributed by atoms with E-state index in [1.165, 1.54) is 18.2 Å². The Morgan fingerprint density at radius 1 is 1.08 bits per heavy atom. The Hall–Kier alpha value is -2.73. The third-order valence-electron chi connectivity index (χ3n) is 4.45. The summed E-state index contributed by atoms with van der Waals surface area (Å²) in [6.45, 7) is 2.16. The van der Waals surface area contributed by atoms with Gasteiger partial charge >= 0.3 is 0 Å². The molecule has 6 heteroatoms. The summed E-state index contributed by atoms with van der Waals surface area (Å²) in [5, 5.41) is 8.95. The molecule has 0 radical (unpaired) electrons. The fourth-order valence-corrected chi connectivity index (χ4v) is 3.01. The highest BCUT2D eigenvalue weighted by atomic mass is 19.1. The fraction of sp³-hybridized carbons (Fsp3) is 0.300. The van der Waals surface area contributed by atoms with Crippen LogP contribution in [-0.2, 0) is 11.3 Å². The van der Waals surface area contributed by atoms with Gasteiger partial charge in [-0.25, -0.2) is 4.39 Å². The van der Waals surface area contributed by atoms with Gasteiger partial charge in [-0.2, -0.15) is 0 Å². The van der Waals surface area contributed by atoms with Gasteiger partial charge in [0.05, 0.1) is 0 Å². The van der Waals surface area contributed by atoms with Gasteiger partial charge in [0.1, 0.15) is 5.82 Å². The lowest BCUT2D eigenvalue weighted by Gasteiger charge is -2.21. The number of piperidine rings is 1. The molecule has 0 aliphatic carbocycles. The Morgan fingerprint density at radius 3 is 2.62 bits per heavy atom. The van der Waals surface area contributed by atoms with Crippen LogP contribution >= 0.6 is 0 Å². The normalized spacial score (nSPS) is 14.7. The van der Waals surface area contributed by atoms with Gasteiger partial charge in [0.2, 0.25) is 5.91 Å². The molecule has 3 rings (SSSR count). The topological polar surface area (TPSA) is 70.2 Å². The maximum Gasteiger partial charge on any atom is 0.255 e.